The van der Waals surface area contributed by atoms with Gasteiger partial charge in [0.1, 0.15) is 11.5 Å². The molecule has 20 heteroatoms. The largest absolute Gasteiger partial charge is 1.00 e. The maximum atomic E-state index is 12.5. The first kappa shape index (κ1) is 41.4. The number of carbonyl (C=O) groups excluding carboxylic acids is 3. The molecule has 1 unspecified atom stereocenters. The number of nitrogens with one attached hydrogen (secondary N) is 1. The molecule has 2 heterocycles. The number of halogens is 3. The molecule has 0 spiro atoms. The maximum Gasteiger partial charge on any atom is 1.00 e. The fraction of sp³-hybridized carbons (Fsp3) is 0.321. The third-order valence-electron chi connectivity index (χ3n) is 6.01. The molecular weight excluding hydrogens is 815 g/mol. The first-order chi connectivity index (χ1) is 22.1. The Morgan fingerprint density at radius 1 is 1.06 bits per heavy atom. The van der Waals surface area contributed by atoms with Crippen LogP contribution in [0.3, 0.4) is 0 Å². The number of anilines is 2. The van der Waals surface area contributed by atoms with Gasteiger partial charge in [-0.3, -0.25) is 4.79 Å². The number of sulfonamides is 1. The summed E-state index contributed by atoms with van der Waals surface area (Å²) in [4.78, 5) is 47.8. The standard InChI is InChI=1S/C16H18Cl2N2O4.C12H12IN5O4S.Na/c1-4-23-14(21)12-9-16(3,15(22)24-5-2)20(19-12)13-7-6-10(17)8-11(13)18;1-7-14-10(17-12(15-7)22-2)16-11(19)18-23(20,21)9-6-4-3-5-8(9)13;/h6-8H,4-5,9H2,1-3H3;3-6H,1-2H3,(H2,14,15,16,17,18,19);/q;;+1/p-1. The molecule has 48 heavy (non-hydrogen) atoms. The molecule has 1 N–H and O–H groups in total. The quantitative estimate of drug-likeness (QED) is 0.188. The van der Waals surface area contributed by atoms with Crippen LogP contribution < -0.4 is 44.6 Å². The molecule has 2 amide bonds. The number of ether oxygens (including phenoxy) is 3. The fourth-order valence-corrected chi connectivity index (χ4v) is 6.59. The number of amides is 2. The Labute approximate surface area is 323 Å². The number of carbonyl (C=O) groups is 3. The van der Waals surface area contributed by atoms with E-state index >= 15 is 0 Å². The van der Waals surface area contributed by atoms with E-state index in [4.69, 9.17) is 37.4 Å². The van der Waals surface area contributed by atoms with Gasteiger partial charge in [-0.15, -0.1) is 0 Å². The van der Waals surface area contributed by atoms with Gasteiger partial charge < -0.3 is 24.2 Å². The molecule has 4 rings (SSSR count). The van der Waals surface area contributed by atoms with Gasteiger partial charge >= 0.3 is 47.5 Å². The Morgan fingerprint density at radius 2 is 1.73 bits per heavy atom. The van der Waals surface area contributed by atoms with E-state index in [-0.39, 0.29) is 71.8 Å². The summed E-state index contributed by atoms with van der Waals surface area (Å²) in [7, 11) is -2.78. The third kappa shape index (κ3) is 10.6. The van der Waals surface area contributed by atoms with E-state index in [2.05, 4.69) is 30.1 Å². The van der Waals surface area contributed by atoms with Crippen molar-refractivity contribution in [1.82, 2.24) is 15.0 Å². The van der Waals surface area contributed by atoms with Crippen molar-refractivity contribution in [2.75, 3.05) is 30.6 Å². The van der Waals surface area contributed by atoms with Crippen LogP contribution in [0.1, 0.15) is 33.0 Å². The van der Waals surface area contributed by atoms with Crippen molar-refractivity contribution in [3.8, 4) is 6.01 Å². The van der Waals surface area contributed by atoms with E-state index in [9.17, 15) is 22.8 Å². The molecule has 0 bridgehead atoms. The minimum Gasteiger partial charge on any atom is -0.467 e. The number of hydrogen-bond acceptors (Lipinski definition) is 13. The van der Waals surface area contributed by atoms with Crippen molar-refractivity contribution < 1.29 is 66.6 Å². The molecule has 1 aromatic heterocycles. The van der Waals surface area contributed by atoms with Crippen molar-refractivity contribution in [2.24, 2.45) is 5.10 Å². The zero-order valence-electron chi connectivity index (χ0n) is 26.7. The second-order valence-corrected chi connectivity index (χ2v) is 13.0. The molecule has 3 aromatic rings. The van der Waals surface area contributed by atoms with Crippen molar-refractivity contribution in [1.29, 1.82) is 0 Å². The predicted molar refractivity (Wildman–Crippen MR) is 183 cm³/mol. The van der Waals surface area contributed by atoms with Crippen molar-refractivity contribution in [2.45, 2.75) is 44.6 Å². The van der Waals surface area contributed by atoms with Crippen LogP contribution in [0.4, 0.5) is 16.4 Å². The predicted octanol–water partition coefficient (Wildman–Crippen LogP) is 2.54. The van der Waals surface area contributed by atoms with Crippen LogP contribution in [0.2, 0.25) is 10.0 Å². The minimum absolute atomic E-state index is 0. The summed E-state index contributed by atoms with van der Waals surface area (Å²) in [6.45, 7) is 7.06. The van der Waals surface area contributed by atoms with Crippen LogP contribution in [-0.4, -0.2) is 72.9 Å². The smallest absolute Gasteiger partial charge is 0.467 e. The Balaban J connectivity index is 0.000000327. The normalized spacial score (nSPS) is 15.2. The Morgan fingerprint density at radius 3 is 2.33 bits per heavy atom. The number of benzene rings is 2. The molecule has 0 fully saturated rings. The number of urea groups is 1. The Bertz CT molecular complexity index is 1810. The number of methoxy groups -OCH3 is 1. The van der Waals surface area contributed by atoms with Crippen molar-refractivity contribution >= 4 is 91.1 Å². The average molecular weight is 844 g/mol. The van der Waals surface area contributed by atoms with Crippen LogP contribution in [0.15, 0.2) is 52.5 Å². The molecule has 2 aromatic carbocycles. The van der Waals surface area contributed by atoms with Gasteiger partial charge in [0.15, 0.2) is 17.5 Å². The summed E-state index contributed by atoms with van der Waals surface area (Å²) >= 11 is 14.0. The number of aryl methyl sites for hydroxylation is 1. The zero-order valence-corrected chi connectivity index (χ0v) is 33.1. The van der Waals surface area contributed by atoms with Gasteiger partial charge in [-0.2, -0.15) is 15.1 Å². The second kappa shape index (κ2) is 18.3. The van der Waals surface area contributed by atoms with Gasteiger partial charge in [0.25, 0.3) is 0 Å². The first-order valence-electron chi connectivity index (χ1n) is 13.6. The number of rotatable bonds is 9. The summed E-state index contributed by atoms with van der Waals surface area (Å²) in [5.41, 5.74) is -0.607. The van der Waals surface area contributed by atoms with E-state index in [0.717, 1.165) is 0 Å². The molecule has 0 saturated heterocycles. The maximum absolute atomic E-state index is 12.5. The summed E-state index contributed by atoms with van der Waals surface area (Å²) in [5.74, 6) is -0.923. The molecule has 0 aliphatic carbocycles. The van der Waals surface area contributed by atoms with Crippen LogP contribution in [0.5, 0.6) is 6.01 Å². The zero-order chi connectivity index (χ0) is 34.9. The van der Waals surface area contributed by atoms with Crippen molar-refractivity contribution in [3.63, 3.8) is 0 Å². The monoisotopic (exact) mass is 843 g/mol. The van der Waals surface area contributed by atoms with Gasteiger partial charge in [0.05, 0.1) is 35.9 Å². The van der Waals surface area contributed by atoms with E-state index in [1.807, 2.05) is 22.6 Å². The number of hydrazone groups is 1. The minimum atomic E-state index is -4.13. The second-order valence-electron chi connectivity index (χ2n) is 9.47. The number of hydrogen-bond donors (Lipinski definition) is 1. The molecule has 252 valence electrons. The number of nitrogens with zero attached hydrogens (tertiary/aromatic N) is 6. The van der Waals surface area contributed by atoms with Gasteiger partial charge in [-0.25, -0.2) is 28.0 Å². The van der Waals surface area contributed by atoms with E-state index in [0.29, 0.717) is 25.1 Å². The van der Waals surface area contributed by atoms with E-state index in [1.165, 1.54) is 18.2 Å². The molecule has 1 atom stereocenters. The summed E-state index contributed by atoms with van der Waals surface area (Å²) in [6, 6.07) is 9.88. The molecule has 1 aliphatic heterocycles. The van der Waals surface area contributed by atoms with E-state index < -0.39 is 33.5 Å². The van der Waals surface area contributed by atoms with Crippen LogP contribution >= 0.6 is 45.8 Å². The molecule has 1 aliphatic rings. The summed E-state index contributed by atoms with van der Waals surface area (Å²) < 4.78 is 42.9. The number of aromatic nitrogens is 3. The topological polar surface area (TPSA) is 193 Å². The van der Waals surface area contributed by atoms with Crippen molar-refractivity contribution in [3.05, 3.63) is 66.6 Å². The first-order valence-corrected chi connectivity index (χ1v) is 16.9. The SMILES string of the molecule is CCOC(=O)C1=NN(c2ccc(Cl)cc2Cl)C(C)(C(=O)OCC)C1.COc1nc(C)nc(NC(=O)[N-]S(=O)(=O)c2ccccc2I)n1.[Na+]. The molecular formula is C28H29Cl2IN7NaO8S. The number of esters is 2. The van der Waals surface area contributed by atoms with Crippen LogP contribution in [0.25, 0.3) is 4.72 Å². The Hall–Kier alpha value is -2.81. The third-order valence-corrected chi connectivity index (χ3v) is 9.17. The molecule has 0 radical (unpaired) electrons. The van der Waals surface area contributed by atoms with Gasteiger partial charge in [0, 0.05) is 15.0 Å². The summed E-state index contributed by atoms with van der Waals surface area (Å²) in [6.07, 6.45) is 0.0591. The van der Waals surface area contributed by atoms with Gasteiger partial charge in [-0.1, -0.05) is 35.3 Å². The van der Waals surface area contributed by atoms with Gasteiger partial charge in [-0.05, 0) is 80.6 Å². The Kier molecular flexibility index (Phi) is 15.7. The average Bonchev–Trinajstić information content (AvgIpc) is 3.35. The van der Waals surface area contributed by atoms with Crippen LogP contribution in [-0.2, 0) is 29.1 Å². The van der Waals surface area contributed by atoms with Gasteiger partial charge in [0.2, 0.25) is 10.0 Å². The molecule has 0 saturated carbocycles. The van der Waals surface area contributed by atoms with Crippen LogP contribution in [0, 0.1) is 10.5 Å². The summed E-state index contributed by atoms with van der Waals surface area (Å²) in [5, 5.41) is 8.61. The van der Waals surface area contributed by atoms with E-state index in [1.54, 1.807) is 64.1 Å². The molecule has 15 nitrogen and oxygen atoms in total. The fourth-order valence-electron chi connectivity index (χ4n) is 3.95.